The Morgan fingerprint density at radius 1 is 1.02 bits per heavy atom. The van der Waals surface area contributed by atoms with Gasteiger partial charge in [-0.15, -0.1) is 0 Å². The van der Waals surface area contributed by atoms with E-state index in [1.807, 2.05) is 19.4 Å². The minimum atomic E-state index is -3.64. The van der Waals surface area contributed by atoms with Gasteiger partial charge in [-0.2, -0.15) is 10.1 Å². The van der Waals surface area contributed by atoms with Crippen molar-refractivity contribution in [1.82, 2.24) is 39.9 Å². The molecule has 6 heterocycles. The molecule has 0 atom stereocenters. The maximum atomic E-state index is 12.3. The fraction of sp³-hybridized carbons (Fsp3) is 0.382. The van der Waals surface area contributed by atoms with Gasteiger partial charge in [-0.25, -0.2) is 13.4 Å². The molecule has 3 aromatic heterocycles. The quantitative estimate of drug-likeness (QED) is 0.159. The third kappa shape index (κ3) is 6.78. The van der Waals surface area contributed by atoms with Crippen LogP contribution in [-0.4, -0.2) is 102 Å². The van der Waals surface area contributed by atoms with Crippen molar-refractivity contribution >= 4 is 71.5 Å². The number of methoxy groups -OCH3 is 1. The molecule has 51 heavy (non-hydrogen) atoms. The molecule has 2 aromatic carbocycles. The SMILES string of the molecule is COc1cc(N2CCC(N3CC4(CNC4)C3)CC2)c(-c2cnn(C)c2)cc1Nc1ncc(Br)c(Nc2ccc3nccnc3c2NS(C)(=O)=O)n1. The third-order valence-electron chi connectivity index (χ3n) is 9.90. The van der Waals surface area contributed by atoms with Gasteiger partial charge in [0.25, 0.3) is 0 Å². The monoisotopic (exact) mass is 774 g/mol. The summed E-state index contributed by atoms with van der Waals surface area (Å²) in [5, 5.41) is 14.5. The number of hydrogen-bond donors (Lipinski definition) is 4. The number of aryl methyl sites for hydroxylation is 1. The summed E-state index contributed by atoms with van der Waals surface area (Å²) >= 11 is 3.54. The Balaban J connectivity index is 1.07. The second-order valence-corrected chi connectivity index (χ2v) is 16.2. The zero-order valence-corrected chi connectivity index (χ0v) is 30.9. The minimum absolute atomic E-state index is 0.259. The van der Waals surface area contributed by atoms with E-state index in [2.05, 4.69) is 78.6 Å². The largest absolute Gasteiger partial charge is 0.494 e. The molecule has 0 bridgehead atoms. The van der Waals surface area contributed by atoms with Crippen LogP contribution in [0.15, 0.2) is 59.7 Å². The number of rotatable bonds is 10. The summed E-state index contributed by atoms with van der Waals surface area (Å²) in [5.41, 5.74) is 5.96. The highest BCUT2D eigenvalue weighted by Crippen LogP contribution is 2.43. The Hall–Kier alpha value is -4.58. The van der Waals surface area contributed by atoms with Crippen LogP contribution in [0.3, 0.4) is 0 Å². The van der Waals surface area contributed by atoms with Crippen molar-refractivity contribution in [2.75, 3.05) is 72.9 Å². The second kappa shape index (κ2) is 13.2. The molecule has 4 N–H and O–H groups in total. The highest BCUT2D eigenvalue weighted by atomic mass is 79.9. The lowest BCUT2D eigenvalue weighted by molar-refractivity contribution is -0.0694. The molecule has 15 nitrogen and oxygen atoms in total. The first kappa shape index (κ1) is 33.6. The first-order valence-corrected chi connectivity index (χ1v) is 19.4. The molecule has 0 aliphatic carbocycles. The average Bonchev–Trinajstić information content (AvgIpc) is 3.51. The molecular formula is C34H39BrN12O3S. The predicted octanol–water partition coefficient (Wildman–Crippen LogP) is 4.32. The summed E-state index contributed by atoms with van der Waals surface area (Å²) < 4.78 is 35.5. The predicted molar refractivity (Wildman–Crippen MR) is 202 cm³/mol. The van der Waals surface area contributed by atoms with Gasteiger partial charge in [0.2, 0.25) is 16.0 Å². The first-order valence-electron chi connectivity index (χ1n) is 16.8. The van der Waals surface area contributed by atoms with Crippen molar-refractivity contribution in [2.24, 2.45) is 12.5 Å². The summed E-state index contributed by atoms with van der Waals surface area (Å²) in [7, 11) is -0.0671. The summed E-state index contributed by atoms with van der Waals surface area (Å²) in [6, 6.07) is 8.25. The van der Waals surface area contributed by atoms with E-state index in [9.17, 15) is 8.42 Å². The number of nitrogens with one attached hydrogen (secondary N) is 4. The van der Waals surface area contributed by atoms with Crippen molar-refractivity contribution in [3.8, 4) is 16.9 Å². The summed E-state index contributed by atoms with van der Waals surface area (Å²) in [6.45, 7) is 6.65. The number of fused-ring (bicyclic) bond motifs is 1. The number of benzene rings is 2. The van der Waals surface area contributed by atoms with Gasteiger partial charge in [-0.3, -0.25) is 24.3 Å². The van der Waals surface area contributed by atoms with E-state index >= 15 is 0 Å². The Kier molecular flexibility index (Phi) is 8.68. The normalized spacial score (nSPS) is 17.6. The van der Waals surface area contributed by atoms with Crippen LogP contribution in [0.2, 0.25) is 0 Å². The third-order valence-corrected chi connectivity index (χ3v) is 11.1. The van der Waals surface area contributed by atoms with Gasteiger partial charge >= 0.3 is 0 Å². The number of sulfonamides is 1. The highest BCUT2D eigenvalue weighted by Gasteiger charge is 2.49. The van der Waals surface area contributed by atoms with E-state index in [4.69, 9.17) is 9.72 Å². The van der Waals surface area contributed by atoms with E-state index in [1.165, 1.54) is 19.3 Å². The Morgan fingerprint density at radius 3 is 2.49 bits per heavy atom. The molecule has 0 radical (unpaired) electrons. The zero-order chi connectivity index (χ0) is 35.3. The summed E-state index contributed by atoms with van der Waals surface area (Å²) in [5.74, 6) is 1.35. The number of halogens is 1. The number of likely N-dealkylation sites (tertiary alicyclic amines) is 1. The molecule has 8 rings (SSSR count). The van der Waals surface area contributed by atoms with Crippen LogP contribution < -0.4 is 30.3 Å². The standard InChI is InChI=1S/C34H39BrN12O3S/c1-45-16-21(14-40-45)23-12-27(29(50-2)13-28(23)46-10-6-22(7-11-46)47-19-34(20-47)17-36-18-34)42-33-39-15-24(35)32(43-33)41-26-5-4-25-30(38-9-8-37-25)31(26)44-51(3,48)49/h4-5,8-9,12-16,22,36,44H,6-7,10-11,17-20H2,1-3H3,(H2,39,41,42,43). The molecule has 5 aromatic rings. The number of anilines is 6. The molecule has 266 valence electrons. The topological polar surface area (TPSA) is 167 Å². The van der Waals surface area contributed by atoms with Gasteiger partial charge < -0.3 is 25.6 Å². The molecule has 3 saturated heterocycles. The Labute approximate surface area is 304 Å². The van der Waals surface area contributed by atoms with Gasteiger partial charge in [0.05, 0.1) is 46.6 Å². The molecular weight excluding hydrogens is 736 g/mol. The van der Waals surface area contributed by atoms with Crippen LogP contribution in [0.25, 0.3) is 22.2 Å². The fourth-order valence-electron chi connectivity index (χ4n) is 7.33. The van der Waals surface area contributed by atoms with Gasteiger partial charge in [-0.05, 0) is 47.0 Å². The molecule has 17 heteroatoms. The maximum Gasteiger partial charge on any atom is 0.229 e. The van der Waals surface area contributed by atoms with Gasteiger partial charge in [0.1, 0.15) is 17.1 Å². The lowest BCUT2D eigenvalue weighted by atomic mass is 9.73. The van der Waals surface area contributed by atoms with E-state index in [0.29, 0.717) is 55.9 Å². The van der Waals surface area contributed by atoms with Crippen molar-refractivity contribution in [2.45, 2.75) is 18.9 Å². The lowest BCUT2D eigenvalue weighted by Crippen LogP contribution is -2.73. The van der Waals surface area contributed by atoms with Crippen molar-refractivity contribution in [1.29, 1.82) is 0 Å². The molecule has 3 aliphatic heterocycles. The van der Waals surface area contributed by atoms with Crippen molar-refractivity contribution in [3.05, 3.63) is 59.7 Å². The number of nitrogens with zero attached hydrogens (tertiary/aromatic N) is 8. The Bertz CT molecular complexity index is 2210. The van der Waals surface area contributed by atoms with Gasteiger partial charge in [0.15, 0.2) is 0 Å². The van der Waals surface area contributed by atoms with Crippen LogP contribution in [0, 0.1) is 5.41 Å². The van der Waals surface area contributed by atoms with Crippen molar-refractivity contribution < 1.29 is 13.2 Å². The van der Waals surface area contributed by atoms with Gasteiger partial charge in [0, 0.05) is 105 Å². The number of aromatic nitrogens is 6. The van der Waals surface area contributed by atoms with Crippen LogP contribution in [0.4, 0.5) is 34.5 Å². The second-order valence-electron chi connectivity index (χ2n) is 13.6. The smallest absolute Gasteiger partial charge is 0.229 e. The summed E-state index contributed by atoms with van der Waals surface area (Å²) in [6.07, 6.45) is 11.9. The first-order chi connectivity index (χ1) is 24.6. The van der Waals surface area contributed by atoms with Crippen LogP contribution in [0.1, 0.15) is 12.8 Å². The number of piperidine rings is 1. The Morgan fingerprint density at radius 2 is 1.80 bits per heavy atom. The van der Waals surface area contributed by atoms with E-state index in [-0.39, 0.29) is 5.69 Å². The number of ether oxygens (including phenoxy) is 1. The highest BCUT2D eigenvalue weighted by molar-refractivity contribution is 9.10. The molecule has 0 saturated carbocycles. The molecule has 0 unspecified atom stereocenters. The molecule has 3 fully saturated rings. The number of hydrogen-bond acceptors (Lipinski definition) is 13. The lowest BCUT2D eigenvalue weighted by Gasteiger charge is -2.59. The zero-order valence-electron chi connectivity index (χ0n) is 28.5. The molecule has 1 spiro atoms. The molecule has 0 amide bonds. The molecule has 3 aliphatic rings. The van der Waals surface area contributed by atoms with Crippen LogP contribution in [-0.2, 0) is 17.1 Å². The van der Waals surface area contributed by atoms with Crippen molar-refractivity contribution in [3.63, 3.8) is 0 Å². The van der Waals surface area contributed by atoms with Crippen LogP contribution in [0.5, 0.6) is 5.75 Å². The van der Waals surface area contributed by atoms with E-state index < -0.39 is 10.0 Å². The van der Waals surface area contributed by atoms with E-state index in [0.717, 1.165) is 62.1 Å². The maximum absolute atomic E-state index is 12.3. The van der Waals surface area contributed by atoms with E-state index in [1.54, 1.807) is 36.3 Å². The summed E-state index contributed by atoms with van der Waals surface area (Å²) in [4.78, 5) is 23.1. The van der Waals surface area contributed by atoms with Gasteiger partial charge in [-0.1, -0.05) is 0 Å². The fourth-order valence-corrected chi connectivity index (χ4v) is 8.20. The minimum Gasteiger partial charge on any atom is -0.494 e. The average molecular weight is 776 g/mol. The van der Waals surface area contributed by atoms with Crippen LogP contribution >= 0.6 is 15.9 Å².